The van der Waals surface area contributed by atoms with Crippen molar-refractivity contribution in [3.8, 4) is 0 Å². The van der Waals surface area contributed by atoms with Crippen LogP contribution < -0.4 is 5.32 Å². The lowest BCUT2D eigenvalue weighted by Gasteiger charge is -2.08. The molecule has 3 aromatic rings. The topological polar surface area (TPSA) is 75.4 Å². The summed E-state index contributed by atoms with van der Waals surface area (Å²) in [5.41, 5.74) is 2.59. The number of anilines is 1. The number of carboxylic acids is 1. The lowest BCUT2D eigenvalue weighted by atomic mass is 10.1. The molecule has 0 bridgehead atoms. The first kappa shape index (κ1) is 12.2. The Morgan fingerprint density at radius 1 is 1.30 bits per heavy atom. The van der Waals surface area contributed by atoms with Crippen molar-refractivity contribution in [2.75, 3.05) is 5.32 Å². The van der Waals surface area contributed by atoms with Crippen LogP contribution in [0.3, 0.4) is 0 Å². The van der Waals surface area contributed by atoms with Gasteiger partial charge in [-0.25, -0.2) is 4.79 Å². The van der Waals surface area contributed by atoms with Crippen molar-refractivity contribution in [1.29, 1.82) is 0 Å². The number of pyridine rings is 1. The number of carboxylic acid groups (broad SMARTS) is 1. The first-order chi connectivity index (χ1) is 9.74. The van der Waals surface area contributed by atoms with Crippen LogP contribution in [0.1, 0.15) is 15.9 Å². The number of hydrogen-bond donors (Lipinski definition) is 2. The fraction of sp³-hybridized carbons (Fsp3) is 0.0667. The molecule has 0 radical (unpaired) electrons. The van der Waals surface area contributed by atoms with Crippen LogP contribution in [-0.2, 0) is 6.54 Å². The Kier molecular flexibility index (Phi) is 3.09. The summed E-state index contributed by atoms with van der Waals surface area (Å²) >= 11 is 0. The summed E-state index contributed by atoms with van der Waals surface area (Å²) in [4.78, 5) is 15.0. The van der Waals surface area contributed by atoms with E-state index in [9.17, 15) is 4.79 Å². The Labute approximate surface area is 114 Å². The van der Waals surface area contributed by atoms with E-state index in [0.29, 0.717) is 12.2 Å². The molecule has 0 spiro atoms. The molecule has 0 amide bonds. The maximum atomic E-state index is 11.1. The van der Waals surface area contributed by atoms with Crippen LogP contribution >= 0.6 is 0 Å². The predicted molar refractivity (Wildman–Crippen MR) is 74.7 cm³/mol. The third-order valence-corrected chi connectivity index (χ3v) is 3.05. The number of aromatic carboxylic acids is 1. The van der Waals surface area contributed by atoms with E-state index in [2.05, 4.69) is 10.3 Å². The summed E-state index contributed by atoms with van der Waals surface area (Å²) in [6.45, 7) is 0.521. The Bertz CT molecular complexity index is 764. The van der Waals surface area contributed by atoms with Crippen molar-refractivity contribution < 1.29 is 14.3 Å². The highest BCUT2D eigenvalue weighted by Crippen LogP contribution is 2.19. The zero-order valence-corrected chi connectivity index (χ0v) is 10.5. The van der Waals surface area contributed by atoms with Crippen LogP contribution in [0.5, 0.6) is 0 Å². The second-order valence-electron chi connectivity index (χ2n) is 4.37. The van der Waals surface area contributed by atoms with Crippen molar-refractivity contribution in [3.05, 3.63) is 60.1 Å². The SMILES string of the molecule is O=C(O)c1ccncc1NCc1ccc2occc2c1. The highest BCUT2D eigenvalue weighted by Gasteiger charge is 2.09. The molecule has 0 fully saturated rings. The molecule has 2 heterocycles. The molecule has 0 unspecified atom stereocenters. The minimum Gasteiger partial charge on any atom is -0.478 e. The molecule has 100 valence electrons. The summed E-state index contributed by atoms with van der Waals surface area (Å²) in [6.07, 6.45) is 4.62. The molecule has 0 saturated heterocycles. The van der Waals surface area contributed by atoms with Gasteiger partial charge in [-0.2, -0.15) is 0 Å². The molecule has 0 atom stereocenters. The maximum absolute atomic E-state index is 11.1. The number of carbonyl (C=O) groups is 1. The molecular weight excluding hydrogens is 256 g/mol. The number of nitrogens with one attached hydrogen (secondary N) is 1. The number of hydrogen-bond acceptors (Lipinski definition) is 4. The summed E-state index contributed by atoms with van der Waals surface area (Å²) in [5.74, 6) is -0.972. The smallest absolute Gasteiger partial charge is 0.337 e. The molecule has 2 N–H and O–H groups in total. The molecule has 2 aromatic heterocycles. The minimum atomic E-state index is -0.972. The highest BCUT2D eigenvalue weighted by molar-refractivity contribution is 5.93. The number of benzene rings is 1. The van der Waals surface area contributed by atoms with E-state index in [0.717, 1.165) is 16.5 Å². The number of rotatable bonds is 4. The molecular formula is C15H12N2O3. The van der Waals surface area contributed by atoms with Crippen molar-refractivity contribution in [3.63, 3.8) is 0 Å². The van der Waals surface area contributed by atoms with Gasteiger partial charge in [0, 0.05) is 18.1 Å². The average Bonchev–Trinajstić information content (AvgIpc) is 2.92. The number of aromatic nitrogens is 1. The molecule has 20 heavy (non-hydrogen) atoms. The van der Waals surface area contributed by atoms with E-state index in [4.69, 9.17) is 9.52 Å². The molecule has 3 rings (SSSR count). The van der Waals surface area contributed by atoms with Gasteiger partial charge in [0.2, 0.25) is 0 Å². The first-order valence-electron chi connectivity index (χ1n) is 6.11. The molecule has 0 aliphatic carbocycles. The van der Waals surface area contributed by atoms with Gasteiger partial charge in [0.1, 0.15) is 5.58 Å². The Morgan fingerprint density at radius 3 is 3.05 bits per heavy atom. The van der Waals surface area contributed by atoms with Gasteiger partial charge in [-0.1, -0.05) is 6.07 Å². The van der Waals surface area contributed by atoms with Crippen LogP contribution in [0.15, 0.2) is 53.4 Å². The molecule has 1 aromatic carbocycles. The molecule has 0 aliphatic heterocycles. The maximum Gasteiger partial charge on any atom is 0.337 e. The van der Waals surface area contributed by atoms with E-state index in [1.165, 1.54) is 18.5 Å². The molecule has 5 heteroatoms. The lowest BCUT2D eigenvalue weighted by molar-refractivity contribution is 0.0698. The number of fused-ring (bicyclic) bond motifs is 1. The van der Waals surface area contributed by atoms with Crippen molar-refractivity contribution in [2.24, 2.45) is 0 Å². The summed E-state index contributed by atoms with van der Waals surface area (Å²) < 4.78 is 5.28. The van der Waals surface area contributed by atoms with Gasteiger partial charge in [-0.15, -0.1) is 0 Å². The zero-order chi connectivity index (χ0) is 13.9. The van der Waals surface area contributed by atoms with Crippen molar-refractivity contribution in [1.82, 2.24) is 4.98 Å². The first-order valence-corrected chi connectivity index (χ1v) is 6.11. The fourth-order valence-electron chi connectivity index (χ4n) is 2.05. The lowest BCUT2D eigenvalue weighted by Crippen LogP contribution is -2.06. The van der Waals surface area contributed by atoms with Crippen LogP contribution in [-0.4, -0.2) is 16.1 Å². The van der Waals surface area contributed by atoms with E-state index >= 15 is 0 Å². The van der Waals surface area contributed by atoms with Gasteiger partial charge < -0.3 is 14.8 Å². The Morgan fingerprint density at radius 2 is 2.20 bits per heavy atom. The summed E-state index contributed by atoms with van der Waals surface area (Å²) in [5, 5.41) is 13.2. The second-order valence-corrected chi connectivity index (χ2v) is 4.37. The van der Waals surface area contributed by atoms with E-state index < -0.39 is 5.97 Å². The predicted octanol–water partition coefficient (Wildman–Crippen LogP) is 3.14. The quantitative estimate of drug-likeness (QED) is 0.760. The van der Waals surface area contributed by atoms with Crippen LogP contribution in [0, 0.1) is 0 Å². The van der Waals surface area contributed by atoms with Gasteiger partial charge in [0.25, 0.3) is 0 Å². The number of furan rings is 1. The zero-order valence-electron chi connectivity index (χ0n) is 10.5. The minimum absolute atomic E-state index is 0.212. The second kappa shape index (κ2) is 5.05. The Hall–Kier alpha value is -2.82. The van der Waals surface area contributed by atoms with Crippen LogP contribution in [0.25, 0.3) is 11.0 Å². The summed E-state index contributed by atoms with van der Waals surface area (Å²) in [7, 11) is 0. The standard InChI is InChI=1S/C15H12N2O3/c18-15(19)12-3-5-16-9-13(12)17-8-10-1-2-14-11(7-10)4-6-20-14/h1-7,9,17H,8H2,(H,18,19). The van der Waals surface area contributed by atoms with Crippen LogP contribution in [0.2, 0.25) is 0 Å². The molecule has 0 aliphatic rings. The van der Waals surface area contributed by atoms with Gasteiger partial charge in [-0.3, -0.25) is 4.98 Å². The van der Waals surface area contributed by atoms with Crippen molar-refractivity contribution in [2.45, 2.75) is 6.54 Å². The van der Waals surface area contributed by atoms with E-state index in [-0.39, 0.29) is 5.56 Å². The van der Waals surface area contributed by atoms with Gasteiger partial charge in [0.05, 0.1) is 23.7 Å². The normalized spacial score (nSPS) is 10.6. The monoisotopic (exact) mass is 268 g/mol. The van der Waals surface area contributed by atoms with Gasteiger partial charge in [0.15, 0.2) is 0 Å². The van der Waals surface area contributed by atoms with E-state index in [1.54, 1.807) is 6.26 Å². The fourth-order valence-corrected chi connectivity index (χ4v) is 2.05. The van der Waals surface area contributed by atoms with Gasteiger partial charge in [-0.05, 0) is 29.8 Å². The average molecular weight is 268 g/mol. The Balaban J connectivity index is 1.80. The highest BCUT2D eigenvalue weighted by atomic mass is 16.4. The van der Waals surface area contributed by atoms with Crippen LogP contribution in [0.4, 0.5) is 5.69 Å². The third kappa shape index (κ3) is 2.33. The largest absolute Gasteiger partial charge is 0.478 e. The van der Waals surface area contributed by atoms with E-state index in [1.807, 2.05) is 24.3 Å². The van der Waals surface area contributed by atoms with Crippen molar-refractivity contribution >= 4 is 22.6 Å². The molecule has 0 saturated carbocycles. The number of nitrogens with zero attached hydrogens (tertiary/aromatic N) is 1. The third-order valence-electron chi connectivity index (χ3n) is 3.05. The summed E-state index contributed by atoms with van der Waals surface area (Å²) in [6, 6.07) is 9.21. The van der Waals surface area contributed by atoms with Gasteiger partial charge >= 0.3 is 5.97 Å². The molecule has 5 nitrogen and oxygen atoms in total.